The fourth-order valence-electron chi connectivity index (χ4n) is 2.70. The van der Waals surface area contributed by atoms with Crippen LogP contribution in [-0.4, -0.2) is 30.1 Å². The first-order chi connectivity index (χ1) is 13.4. The number of carboxylic acids is 1. The fourth-order valence-corrected chi connectivity index (χ4v) is 3.68. The highest BCUT2D eigenvalue weighted by Gasteiger charge is 2.20. The third-order valence-electron chi connectivity index (χ3n) is 3.96. The summed E-state index contributed by atoms with van der Waals surface area (Å²) in [6, 6.07) is 10.0. The van der Waals surface area contributed by atoms with Gasteiger partial charge in [-0.1, -0.05) is 12.1 Å². The summed E-state index contributed by atoms with van der Waals surface area (Å²) in [5.74, 6) is -0.821. The molecule has 144 valence electrons. The lowest BCUT2D eigenvalue weighted by Crippen LogP contribution is -2.22. The second-order valence-corrected chi connectivity index (χ2v) is 6.76. The molecule has 1 aromatic heterocycles. The molecule has 1 heterocycles. The summed E-state index contributed by atoms with van der Waals surface area (Å²) in [6.07, 6.45) is 0.985. The van der Waals surface area contributed by atoms with Gasteiger partial charge in [0, 0.05) is 12.4 Å². The van der Waals surface area contributed by atoms with Crippen molar-refractivity contribution >= 4 is 44.9 Å². The van der Waals surface area contributed by atoms with Crippen LogP contribution in [0.5, 0.6) is 11.5 Å². The Hall–Kier alpha value is -3.46. The van der Waals surface area contributed by atoms with Crippen LogP contribution < -0.4 is 14.6 Å². The minimum atomic E-state index is -1.31. The van der Waals surface area contributed by atoms with Gasteiger partial charge in [0.25, 0.3) is 5.69 Å². The molecule has 8 nitrogen and oxygen atoms in total. The fraction of sp³-hybridized carbons (Fsp3) is 0.158. The minimum Gasteiger partial charge on any atom is -0.550 e. The molecule has 9 heteroatoms. The van der Waals surface area contributed by atoms with E-state index < -0.39 is 17.3 Å². The Morgan fingerprint density at radius 3 is 2.50 bits per heavy atom. The standard InChI is InChI=1S/C19H16N2O6S/c1-26-15-8-11(14(21(24)25)10-16(15)27-2)7-12(9-18(22)23)19-20-13-5-3-4-6-17(13)28-19/h3-8,10H,9H2,1-2H3,(H,22,23)/p-1/b12-7+. The van der Waals surface area contributed by atoms with Crippen molar-refractivity contribution in [3.63, 3.8) is 0 Å². The Kier molecular flexibility index (Phi) is 5.55. The first-order valence-corrected chi connectivity index (χ1v) is 8.91. The number of carbonyl (C=O) groups excluding carboxylic acids is 1. The summed E-state index contributed by atoms with van der Waals surface area (Å²) >= 11 is 1.30. The van der Waals surface area contributed by atoms with Gasteiger partial charge in [-0.15, -0.1) is 11.3 Å². The molecule has 0 N–H and O–H groups in total. The monoisotopic (exact) mass is 399 g/mol. The van der Waals surface area contributed by atoms with Gasteiger partial charge in [0.05, 0.1) is 41.0 Å². The summed E-state index contributed by atoms with van der Waals surface area (Å²) < 4.78 is 11.2. The summed E-state index contributed by atoms with van der Waals surface area (Å²) in [5, 5.41) is 23.2. The van der Waals surface area contributed by atoms with Crippen LogP contribution in [0.25, 0.3) is 21.9 Å². The highest BCUT2D eigenvalue weighted by molar-refractivity contribution is 7.19. The van der Waals surface area contributed by atoms with Crippen molar-refractivity contribution in [2.45, 2.75) is 6.42 Å². The van der Waals surface area contributed by atoms with E-state index in [1.807, 2.05) is 24.3 Å². The van der Waals surface area contributed by atoms with Gasteiger partial charge in [-0.3, -0.25) is 10.1 Å². The van der Waals surface area contributed by atoms with Crippen LogP contribution in [0.4, 0.5) is 5.69 Å². The molecule has 3 rings (SSSR count). The zero-order chi connectivity index (χ0) is 20.3. The first-order valence-electron chi connectivity index (χ1n) is 8.09. The van der Waals surface area contributed by atoms with Gasteiger partial charge in [-0.2, -0.15) is 0 Å². The number of hydrogen-bond donors (Lipinski definition) is 0. The van der Waals surface area contributed by atoms with Gasteiger partial charge in [0.15, 0.2) is 11.5 Å². The number of carbonyl (C=O) groups is 1. The van der Waals surface area contributed by atoms with E-state index >= 15 is 0 Å². The predicted molar refractivity (Wildman–Crippen MR) is 103 cm³/mol. The molecule has 0 aliphatic heterocycles. The number of nitro benzene ring substituents is 1. The Labute approximate surface area is 163 Å². The molecular formula is C19H15N2O6S-. The average molecular weight is 399 g/mol. The van der Waals surface area contributed by atoms with Crippen molar-refractivity contribution in [2.24, 2.45) is 0 Å². The van der Waals surface area contributed by atoms with E-state index in [9.17, 15) is 20.0 Å². The number of rotatable bonds is 7. The van der Waals surface area contributed by atoms with Crippen LogP contribution in [0, 0.1) is 10.1 Å². The molecule has 0 aliphatic carbocycles. The SMILES string of the molecule is COc1cc(/C=C(\CC(=O)[O-])c2nc3ccccc3s2)c([N+](=O)[O-])cc1OC. The van der Waals surface area contributed by atoms with Gasteiger partial charge in [-0.25, -0.2) is 4.98 Å². The third-order valence-corrected chi connectivity index (χ3v) is 5.07. The van der Waals surface area contributed by atoms with E-state index in [0.717, 1.165) is 4.70 Å². The van der Waals surface area contributed by atoms with E-state index in [0.29, 0.717) is 16.1 Å². The summed E-state index contributed by atoms with van der Waals surface area (Å²) in [7, 11) is 2.78. The maximum atomic E-state index is 11.5. The van der Waals surface area contributed by atoms with Crippen molar-refractivity contribution in [2.75, 3.05) is 14.2 Å². The number of para-hydroxylation sites is 1. The van der Waals surface area contributed by atoms with Crippen molar-refractivity contribution in [1.29, 1.82) is 0 Å². The lowest BCUT2D eigenvalue weighted by Gasteiger charge is -2.10. The zero-order valence-electron chi connectivity index (χ0n) is 15.0. The molecular weight excluding hydrogens is 384 g/mol. The molecule has 0 unspecified atom stereocenters. The largest absolute Gasteiger partial charge is 0.550 e. The number of nitro groups is 1. The second-order valence-electron chi connectivity index (χ2n) is 5.73. The summed E-state index contributed by atoms with van der Waals surface area (Å²) in [5.41, 5.74) is 0.956. The van der Waals surface area contributed by atoms with Crippen molar-refractivity contribution < 1.29 is 24.3 Å². The van der Waals surface area contributed by atoms with Crippen LogP contribution in [0.3, 0.4) is 0 Å². The molecule has 0 fully saturated rings. The number of methoxy groups -OCH3 is 2. The number of fused-ring (bicyclic) bond motifs is 1. The highest BCUT2D eigenvalue weighted by Crippen LogP contribution is 2.37. The Bertz CT molecular complexity index is 1060. The number of thiazole rings is 1. The number of aromatic nitrogens is 1. The molecule has 28 heavy (non-hydrogen) atoms. The van der Waals surface area contributed by atoms with Crippen LogP contribution in [-0.2, 0) is 4.79 Å². The second kappa shape index (κ2) is 8.05. The number of carboxylic acid groups (broad SMARTS) is 1. The number of benzene rings is 2. The van der Waals surface area contributed by atoms with E-state index in [2.05, 4.69) is 4.98 Å². The van der Waals surface area contributed by atoms with E-state index in [4.69, 9.17) is 9.47 Å². The zero-order valence-corrected chi connectivity index (χ0v) is 15.8. The predicted octanol–water partition coefficient (Wildman–Crippen LogP) is 2.90. The normalized spacial score (nSPS) is 11.4. The minimum absolute atomic E-state index is 0.179. The molecule has 0 radical (unpaired) electrons. The Morgan fingerprint density at radius 1 is 1.21 bits per heavy atom. The van der Waals surface area contributed by atoms with Gasteiger partial charge >= 0.3 is 0 Å². The van der Waals surface area contributed by atoms with Crippen LogP contribution >= 0.6 is 11.3 Å². The van der Waals surface area contributed by atoms with Gasteiger partial charge < -0.3 is 19.4 Å². The quantitative estimate of drug-likeness (QED) is 0.443. The van der Waals surface area contributed by atoms with Crippen molar-refractivity contribution in [3.05, 3.63) is 57.1 Å². The molecule has 0 saturated heterocycles. The topological polar surface area (TPSA) is 115 Å². The molecule has 0 saturated carbocycles. The molecule has 0 amide bonds. The first kappa shape index (κ1) is 19.3. The lowest BCUT2D eigenvalue weighted by atomic mass is 10.1. The molecule has 2 aromatic carbocycles. The van der Waals surface area contributed by atoms with Crippen molar-refractivity contribution in [3.8, 4) is 11.5 Å². The van der Waals surface area contributed by atoms with E-state index in [1.54, 1.807) is 0 Å². The van der Waals surface area contributed by atoms with E-state index in [1.165, 1.54) is 43.8 Å². The Balaban J connectivity index is 2.19. The number of aliphatic carboxylic acids is 1. The smallest absolute Gasteiger partial charge is 0.280 e. The third kappa shape index (κ3) is 3.94. The number of hydrogen-bond acceptors (Lipinski definition) is 8. The molecule has 0 atom stereocenters. The van der Waals surface area contributed by atoms with Crippen LogP contribution in [0.15, 0.2) is 36.4 Å². The lowest BCUT2D eigenvalue weighted by molar-refractivity contribution is -0.385. The van der Waals surface area contributed by atoms with Gasteiger partial charge in [-0.05, 0) is 29.8 Å². The van der Waals surface area contributed by atoms with Gasteiger partial charge in [0.1, 0.15) is 5.01 Å². The molecule has 0 bridgehead atoms. The average Bonchev–Trinajstić information content (AvgIpc) is 3.10. The highest BCUT2D eigenvalue weighted by atomic mass is 32.1. The molecule has 3 aromatic rings. The number of ether oxygens (including phenoxy) is 2. The van der Waals surface area contributed by atoms with Crippen LogP contribution in [0.1, 0.15) is 17.0 Å². The van der Waals surface area contributed by atoms with E-state index in [-0.39, 0.29) is 22.7 Å². The molecule has 0 aliphatic rings. The maximum Gasteiger partial charge on any atom is 0.280 e. The molecule has 0 spiro atoms. The van der Waals surface area contributed by atoms with Crippen LogP contribution in [0.2, 0.25) is 0 Å². The van der Waals surface area contributed by atoms with Gasteiger partial charge in [0.2, 0.25) is 0 Å². The Morgan fingerprint density at radius 2 is 1.89 bits per heavy atom. The summed E-state index contributed by atoms with van der Waals surface area (Å²) in [6.45, 7) is 0. The maximum absolute atomic E-state index is 11.5. The van der Waals surface area contributed by atoms with Crippen molar-refractivity contribution in [1.82, 2.24) is 4.98 Å². The number of nitrogens with zero attached hydrogens (tertiary/aromatic N) is 2. The summed E-state index contributed by atoms with van der Waals surface area (Å²) in [4.78, 5) is 26.7.